The van der Waals surface area contributed by atoms with Crippen LogP contribution in [0.2, 0.25) is 0 Å². The van der Waals surface area contributed by atoms with Gasteiger partial charge in [0.2, 0.25) is 0 Å². The van der Waals surface area contributed by atoms with Gasteiger partial charge >= 0.3 is 0 Å². The van der Waals surface area contributed by atoms with Crippen LogP contribution < -0.4 is 5.73 Å². The maximum Gasteiger partial charge on any atom is 0.0134 e. The number of rotatable bonds is 4. The van der Waals surface area contributed by atoms with Crippen LogP contribution in [0.5, 0.6) is 0 Å². The molecule has 0 spiro atoms. The van der Waals surface area contributed by atoms with Crippen molar-refractivity contribution in [2.45, 2.75) is 38.6 Å². The molecular formula is C11H22N2. The Bertz CT molecular complexity index is 165. The van der Waals surface area contributed by atoms with Crippen molar-refractivity contribution in [2.75, 3.05) is 19.6 Å². The van der Waals surface area contributed by atoms with Gasteiger partial charge in [-0.05, 0) is 32.4 Å². The monoisotopic (exact) mass is 182 g/mol. The third-order valence-corrected chi connectivity index (χ3v) is 2.97. The molecule has 2 nitrogen and oxygen atoms in total. The topological polar surface area (TPSA) is 29.3 Å². The number of hydrogen-bond acceptors (Lipinski definition) is 2. The molecule has 1 aliphatic rings. The van der Waals surface area contributed by atoms with Gasteiger partial charge in [-0.15, -0.1) is 0 Å². The Labute approximate surface area is 81.8 Å². The van der Waals surface area contributed by atoms with E-state index in [2.05, 4.69) is 18.4 Å². The maximum absolute atomic E-state index is 5.56. The van der Waals surface area contributed by atoms with Gasteiger partial charge < -0.3 is 10.6 Å². The van der Waals surface area contributed by atoms with Gasteiger partial charge in [-0.2, -0.15) is 0 Å². The summed E-state index contributed by atoms with van der Waals surface area (Å²) in [6, 6.07) is 0.717. The second-order valence-electron chi connectivity index (χ2n) is 3.94. The van der Waals surface area contributed by atoms with Crippen LogP contribution in [0.4, 0.5) is 0 Å². The highest BCUT2D eigenvalue weighted by atomic mass is 15.2. The van der Waals surface area contributed by atoms with Crippen molar-refractivity contribution >= 4 is 0 Å². The lowest BCUT2D eigenvalue weighted by Crippen LogP contribution is -2.39. The van der Waals surface area contributed by atoms with E-state index in [1.54, 1.807) is 0 Å². The van der Waals surface area contributed by atoms with Crippen LogP contribution in [-0.4, -0.2) is 30.6 Å². The standard InChI is InChI=1S/C11H22N2/c1-3-13-7-5-4-6-11(13)8-10(2)9-12/h11H,2-9,12H2,1H3. The third kappa shape index (κ3) is 3.12. The summed E-state index contributed by atoms with van der Waals surface area (Å²) in [5.41, 5.74) is 6.76. The average molecular weight is 182 g/mol. The van der Waals surface area contributed by atoms with E-state index in [0.717, 1.165) is 12.5 Å². The molecule has 0 saturated carbocycles. The molecule has 0 aromatic heterocycles. The fourth-order valence-corrected chi connectivity index (χ4v) is 2.12. The van der Waals surface area contributed by atoms with Gasteiger partial charge in [0, 0.05) is 12.6 Å². The average Bonchev–Trinajstić information content (AvgIpc) is 2.18. The van der Waals surface area contributed by atoms with E-state index in [1.165, 1.54) is 37.9 Å². The number of nitrogens with two attached hydrogens (primary N) is 1. The van der Waals surface area contributed by atoms with Crippen LogP contribution in [0.1, 0.15) is 32.6 Å². The second-order valence-corrected chi connectivity index (χ2v) is 3.94. The van der Waals surface area contributed by atoms with Gasteiger partial charge in [0.25, 0.3) is 0 Å². The van der Waals surface area contributed by atoms with E-state index in [4.69, 9.17) is 5.73 Å². The van der Waals surface area contributed by atoms with E-state index >= 15 is 0 Å². The molecule has 76 valence electrons. The molecule has 1 aliphatic heterocycles. The van der Waals surface area contributed by atoms with E-state index in [9.17, 15) is 0 Å². The first-order valence-electron chi connectivity index (χ1n) is 5.38. The van der Waals surface area contributed by atoms with Crippen molar-refractivity contribution in [3.63, 3.8) is 0 Å². The first-order chi connectivity index (χ1) is 6.27. The first kappa shape index (κ1) is 10.7. The van der Waals surface area contributed by atoms with Gasteiger partial charge in [-0.25, -0.2) is 0 Å². The second kappa shape index (κ2) is 5.40. The molecule has 0 aromatic rings. The van der Waals surface area contributed by atoms with Crippen molar-refractivity contribution in [3.8, 4) is 0 Å². The minimum absolute atomic E-state index is 0.647. The fourth-order valence-electron chi connectivity index (χ4n) is 2.12. The molecule has 1 fully saturated rings. The third-order valence-electron chi connectivity index (χ3n) is 2.97. The summed E-state index contributed by atoms with van der Waals surface area (Å²) < 4.78 is 0. The Morgan fingerprint density at radius 3 is 2.92 bits per heavy atom. The largest absolute Gasteiger partial charge is 0.327 e. The summed E-state index contributed by atoms with van der Waals surface area (Å²) in [5, 5.41) is 0. The summed E-state index contributed by atoms with van der Waals surface area (Å²) >= 11 is 0. The molecule has 0 bridgehead atoms. The summed E-state index contributed by atoms with van der Waals surface area (Å²) in [5.74, 6) is 0. The van der Waals surface area contributed by atoms with Crippen LogP contribution in [0.3, 0.4) is 0 Å². The fraction of sp³-hybridized carbons (Fsp3) is 0.818. The molecule has 1 saturated heterocycles. The lowest BCUT2D eigenvalue weighted by molar-refractivity contribution is 0.155. The Balaban J connectivity index is 2.40. The molecule has 1 unspecified atom stereocenters. The van der Waals surface area contributed by atoms with Gasteiger partial charge in [0.15, 0.2) is 0 Å². The highest BCUT2D eigenvalue weighted by molar-refractivity contribution is 5.00. The van der Waals surface area contributed by atoms with E-state index in [0.29, 0.717) is 6.54 Å². The maximum atomic E-state index is 5.56. The summed E-state index contributed by atoms with van der Waals surface area (Å²) in [4.78, 5) is 2.56. The summed E-state index contributed by atoms with van der Waals surface area (Å²) in [6.45, 7) is 9.30. The van der Waals surface area contributed by atoms with Gasteiger partial charge in [-0.1, -0.05) is 25.5 Å². The molecule has 0 radical (unpaired) electrons. The van der Waals surface area contributed by atoms with Crippen molar-refractivity contribution in [2.24, 2.45) is 5.73 Å². The van der Waals surface area contributed by atoms with Gasteiger partial charge in [0.1, 0.15) is 0 Å². The Morgan fingerprint density at radius 2 is 2.31 bits per heavy atom. The van der Waals surface area contributed by atoms with Crippen molar-refractivity contribution in [1.29, 1.82) is 0 Å². The molecule has 0 amide bonds. The van der Waals surface area contributed by atoms with E-state index < -0.39 is 0 Å². The molecule has 2 N–H and O–H groups in total. The highest BCUT2D eigenvalue weighted by Gasteiger charge is 2.20. The smallest absolute Gasteiger partial charge is 0.0134 e. The Kier molecular flexibility index (Phi) is 4.46. The Morgan fingerprint density at radius 1 is 1.54 bits per heavy atom. The van der Waals surface area contributed by atoms with Crippen LogP contribution in [0.25, 0.3) is 0 Å². The van der Waals surface area contributed by atoms with Crippen LogP contribution in [0.15, 0.2) is 12.2 Å². The molecule has 1 rings (SSSR count). The van der Waals surface area contributed by atoms with Crippen LogP contribution in [-0.2, 0) is 0 Å². The molecule has 2 heteroatoms. The zero-order chi connectivity index (χ0) is 9.68. The predicted octanol–water partition coefficient (Wildman–Crippen LogP) is 1.77. The van der Waals surface area contributed by atoms with Crippen LogP contribution in [0, 0.1) is 0 Å². The van der Waals surface area contributed by atoms with Gasteiger partial charge in [-0.3, -0.25) is 0 Å². The number of hydrogen-bond donors (Lipinski definition) is 1. The minimum Gasteiger partial charge on any atom is -0.327 e. The van der Waals surface area contributed by atoms with E-state index in [-0.39, 0.29) is 0 Å². The first-order valence-corrected chi connectivity index (χ1v) is 5.38. The lowest BCUT2D eigenvalue weighted by Gasteiger charge is -2.35. The van der Waals surface area contributed by atoms with Crippen molar-refractivity contribution < 1.29 is 0 Å². The SMILES string of the molecule is C=C(CN)CC1CCCCN1CC. The minimum atomic E-state index is 0.647. The number of nitrogens with zero attached hydrogens (tertiary/aromatic N) is 1. The molecule has 13 heavy (non-hydrogen) atoms. The number of likely N-dealkylation sites (tertiary alicyclic amines) is 1. The number of piperidine rings is 1. The molecule has 1 heterocycles. The summed E-state index contributed by atoms with van der Waals surface area (Å²) in [6.07, 6.45) is 5.16. The quantitative estimate of drug-likeness (QED) is 0.671. The zero-order valence-electron chi connectivity index (χ0n) is 8.76. The molecule has 0 aromatic carbocycles. The lowest BCUT2D eigenvalue weighted by atomic mass is 9.96. The molecule has 0 aliphatic carbocycles. The zero-order valence-corrected chi connectivity index (χ0v) is 8.76. The molecule has 1 atom stereocenters. The van der Waals surface area contributed by atoms with Crippen molar-refractivity contribution in [3.05, 3.63) is 12.2 Å². The normalized spacial score (nSPS) is 24.6. The summed E-state index contributed by atoms with van der Waals surface area (Å²) in [7, 11) is 0. The van der Waals surface area contributed by atoms with Gasteiger partial charge in [0.05, 0.1) is 0 Å². The van der Waals surface area contributed by atoms with E-state index in [1.807, 2.05) is 0 Å². The molecular weight excluding hydrogens is 160 g/mol. The highest BCUT2D eigenvalue weighted by Crippen LogP contribution is 2.21. The van der Waals surface area contributed by atoms with Crippen LogP contribution >= 0.6 is 0 Å². The Hall–Kier alpha value is -0.340. The van der Waals surface area contributed by atoms with Crippen molar-refractivity contribution in [1.82, 2.24) is 4.90 Å². The predicted molar refractivity (Wildman–Crippen MR) is 57.7 cm³/mol.